The number of ether oxygens (including phenoxy) is 1. The zero-order valence-electron chi connectivity index (χ0n) is 10.3. The zero-order valence-corrected chi connectivity index (χ0v) is 10.3. The fraction of sp³-hybridized carbons (Fsp3) is 1.00. The van der Waals surface area contributed by atoms with E-state index in [1.165, 1.54) is 19.3 Å². The van der Waals surface area contributed by atoms with E-state index >= 15 is 0 Å². The van der Waals surface area contributed by atoms with Gasteiger partial charge in [0.15, 0.2) is 0 Å². The van der Waals surface area contributed by atoms with Crippen LogP contribution < -0.4 is 5.32 Å². The van der Waals surface area contributed by atoms with Crippen LogP contribution in [0.2, 0.25) is 0 Å². The summed E-state index contributed by atoms with van der Waals surface area (Å²) in [7, 11) is 0. The third-order valence-electron chi connectivity index (χ3n) is 4.22. The summed E-state index contributed by atoms with van der Waals surface area (Å²) in [4.78, 5) is 0. The number of rotatable bonds is 4. The maximum Gasteiger partial charge on any atom is 0.0540 e. The number of aliphatic hydroxyl groups excluding tert-OH is 1. The van der Waals surface area contributed by atoms with Crippen LogP contribution in [-0.2, 0) is 4.74 Å². The number of aliphatic hydroxyl groups is 1. The molecule has 2 atom stereocenters. The van der Waals surface area contributed by atoms with Crippen molar-refractivity contribution in [2.24, 2.45) is 11.8 Å². The Morgan fingerprint density at radius 2 is 2.00 bits per heavy atom. The molecule has 2 rings (SSSR count). The van der Waals surface area contributed by atoms with Crippen LogP contribution in [-0.4, -0.2) is 37.0 Å². The summed E-state index contributed by atoms with van der Waals surface area (Å²) in [6.07, 6.45) is 5.53. The minimum absolute atomic E-state index is 0.0306. The summed E-state index contributed by atoms with van der Waals surface area (Å²) < 4.78 is 5.41. The summed E-state index contributed by atoms with van der Waals surface area (Å²) in [5.74, 6) is 1.47. The van der Waals surface area contributed by atoms with Crippen molar-refractivity contribution in [3.63, 3.8) is 0 Å². The summed E-state index contributed by atoms with van der Waals surface area (Å²) in [5, 5.41) is 13.1. The van der Waals surface area contributed by atoms with Crippen LogP contribution in [0.5, 0.6) is 0 Å². The van der Waals surface area contributed by atoms with Crippen LogP contribution in [0.25, 0.3) is 0 Å². The first-order valence-electron chi connectivity index (χ1n) is 6.75. The molecule has 0 bridgehead atoms. The first kappa shape index (κ1) is 12.3. The Morgan fingerprint density at radius 3 is 2.62 bits per heavy atom. The van der Waals surface area contributed by atoms with E-state index in [4.69, 9.17) is 4.74 Å². The fourth-order valence-electron chi connectivity index (χ4n) is 2.82. The van der Waals surface area contributed by atoms with Crippen LogP contribution in [0.15, 0.2) is 0 Å². The Balaban J connectivity index is 1.62. The second-order valence-corrected chi connectivity index (χ2v) is 5.50. The molecule has 0 amide bonds. The van der Waals surface area contributed by atoms with Crippen molar-refractivity contribution < 1.29 is 9.84 Å². The molecule has 0 aromatic heterocycles. The number of hydrogen-bond acceptors (Lipinski definition) is 3. The van der Waals surface area contributed by atoms with Crippen molar-refractivity contribution in [3.8, 4) is 0 Å². The lowest BCUT2D eigenvalue weighted by atomic mass is 9.87. The van der Waals surface area contributed by atoms with Crippen LogP contribution in [0.4, 0.5) is 0 Å². The van der Waals surface area contributed by atoms with Gasteiger partial charge in [0.1, 0.15) is 0 Å². The summed E-state index contributed by atoms with van der Waals surface area (Å²) in [5.41, 5.74) is 0. The molecule has 0 radical (unpaired) electrons. The van der Waals surface area contributed by atoms with Gasteiger partial charge in [-0.05, 0) is 57.4 Å². The molecule has 1 aliphatic heterocycles. The van der Waals surface area contributed by atoms with Crippen molar-refractivity contribution >= 4 is 0 Å². The first-order valence-corrected chi connectivity index (χ1v) is 6.75. The second kappa shape index (κ2) is 5.99. The SMILES string of the molecule is CC(NCC1CCC(O)CC1)C1CCOC1. The van der Waals surface area contributed by atoms with Crippen molar-refractivity contribution in [2.75, 3.05) is 19.8 Å². The van der Waals surface area contributed by atoms with E-state index in [0.29, 0.717) is 12.0 Å². The molecule has 2 fully saturated rings. The van der Waals surface area contributed by atoms with Gasteiger partial charge in [0.2, 0.25) is 0 Å². The highest BCUT2D eigenvalue weighted by Gasteiger charge is 2.24. The van der Waals surface area contributed by atoms with Gasteiger partial charge in [-0.2, -0.15) is 0 Å². The van der Waals surface area contributed by atoms with Gasteiger partial charge in [0.05, 0.1) is 12.7 Å². The van der Waals surface area contributed by atoms with E-state index in [0.717, 1.165) is 38.5 Å². The molecular weight excluding hydrogens is 202 g/mol. The lowest BCUT2D eigenvalue weighted by molar-refractivity contribution is 0.106. The van der Waals surface area contributed by atoms with Crippen molar-refractivity contribution in [3.05, 3.63) is 0 Å². The van der Waals surface area contributed by atoms with E-state index in [1.807, 2.05) is 0 Å². The molecular formula is C13H25NO2. The summed E-state index contributed by atoms with van der Waals surface area (Å²) >= 11 is 0. The smallest absolute Gasteiger partial charge is 0.0540 e. The van der Waals surface area contributed by atoms with Crippen LogP contribution in [0, 0.1) is 11.8 Å². The minimum atomic E-state index is -0.0306. The van der Waals surface area contributed by atoms with Gasteiger partial charge in [-0.1, -0.05) is 0 Å². The molecule has 0 spiro atoms. The van der Waals surface area contributed by atoms with Gasteiger partial charge in [-0.3, -0.25) is 0 Å². The quantitative estimate of drug-likeness (QED) is 0.765. The first-order chi connectivity index (χ1) is 7.75. The van der Waals surface area contributed by atoms with Crippen molar-refractivity contribution in [2.45, 2.75) is 51.2 Å². The fourth-order valence-corrected chi connectivity index (χ4v) is 2.82. The average Bonchev–Trinajstić information content (AvgIpc) is 2.81. The van der Waals surface area contributed by atoms with Gasteiger partial charge in [0.25, 0.3) is 0 Å². The Morgan fingerprint density at radius 1 is 1.25 bits per heavy atom. The Kier molecular flexibility index (Phi) is 4.62. The number of hydrogen-bond donors (Lipinski definition) is 2. The molecule has 16 heavy (non-hydrogen) atoms. The van der Waals surface area contributed by atoms with Crippen LogP contribution >= 0.6 is 0 Å². The highest BCUT2D eigenvalue weighted by molar-refractivity contribution is 4.79. The maximum atomic E-state index is 9.44. The molecule has 2 aliphatic rings. The molecule has 3 heteroatoms. The molecule has 2 unspecified atom stereocenters. The molecule has 3 nitrogen and oxygen atoms in total. The van der Waals surface area contributed by atoms with Crippen molar-refractivity contribution in [1.82, 2.24) is 5.32 Å². The Hall–Kier alpha value is -0.120. The summed E-state index contributed by atoms with van der Waals surface area (Å²) in [6, 6.07) is 0.578. The van der Waals surface area contributed by atoms with Crippen LogP contribution in [0.1, 0.15) is 39.0 Å². The molecule has 1 aliphatic carbocycles. The van der Waals surface area contributed by atoms with Gasteiger partial charge in [0, 0.05) is 12.6 Å². The zero-order chi connectivity index (χ0) is 11.4. The van der Waals surface area contributed by atoms with E-state index in [1.54, 1.807) is 0 Å². The van der Waals surface area contributed by atoms with E-state index in [-0.39, 0.29) is 6.10 Å². The van der Waals surface area contributed by atoms with Gasteiger partial charge >= 0.3 is 0 Å². The van der Waals surface area contributed by atoms with E-state index in [9.17, 15) is 5.11 Å². The molecule has 1 saturated heterocycles. The second-order valence-electron chi connectivity index (χ2n) is 5.50. The maximum absolute atomic E-state index is 9.44. The molecule has 94 valence electrons. The third-order valence-corrected chi connectivity index (χ3v) is 4.22. The van der Waals surface area contributed by atoms with E-state index in [2.05, 4.69) is 12.2 Å². The molecule has 1 heterocycles. The molecule has 2 N–H and O–H groups in total. The molecule has 0 aromatic carbocycles. The Bertz CT molecular complexity index is 196. The summed E-state index contributed by atoms with van der Waals surface area (Å²) in [6.45, 7) is 5.26. The Labute approximate surface area is 98.6 Å². The van der Waals surface area contributed by atoms with Crippen molar-refractivity contribution in [1.29, 1.82) is 0 Å². The van der Waals surface area contributed by atoms with Gasteiger partial charge < -0.3 is 15.2 Å². The van der Waals surface area contributed by atoms with Gasteiger partial charge in [-0.25, -0.2) is 0 Å². The third kappa shape index (κ3) is 3.44. The molecule has 1 saturated carbocycles. The molecule has 0 aromatic rings. The lowest BCUT2D eigenvalue weighted by Gasteiger charge is -2.28. The highest BCUT2D eigenvalue weighted by Crippen LogP contribution is 2.24. The highest BCUT2D eigenvalue weighted by atomic mass is 16.5. The predicted octanol–water partition coefficient (Wildman–Crippen LogP) is 1.55. The standard InChI is InChI=1S/C13H25NO2/c1-10(12-6-7-16-9-12)14-8-11-2-4-13(15)5-3-11/h10-15H,2-9H2,1H3. The topological polar surface area (TPSA) is 41.5 Å². The normalized spacial score (nSPS) is 37.5. The minimum Gasteiger partial charge on any atom is -0.393 e. The average molecular weight is 227 g/mol. The number of nitrogens with one attached hydrogen (secondary N) is 1. The lowest BCUT2D eigenvalue weighted by Crippen LogP contribution is -2.38. The van der Waals surface area contributed by atoms with Crippen LogP contribution in [0.3, 0.4) is 0 Å². The largest absolute Gasteiger partial charge is 0.393 e. The van der Waals surface area contributed by atoms with Gasteiger partial charge in [-0.15, -0.1) is 0 Å². The monoisotopic (exact) mass is 227 g/mol. The van der Waals surface area contributed by atoms with E-state index < -0.39 is 0 Å². The predicted molar refractivity (Wildman–Crippen MR) is 64.4 cm³/mol.